The Bertz CT molecular complexity index is 1850. The van der Waals surface area contributed by atoms with Crippen molar-refractivity contribution in [1.29, 1.82) is 0 Å². The number of hydrogen-bond acceptors (Lipinski definition) is 15. The summed E-state index contributed by atoms with van der Waals surface area (Å²) in [6, 6.07) is 0. The van der Waals surface area contributed by atoms with E-state index < -0.39 is 97.5 Å². The third-order valence-electron chi connectivity index (χ3n) is 18.0. The van der Waals surface area contributed by atoms with Crippen molar-refractivity contribution in [2.45, 2.75) is 407 Å². The van der Waals surface area contributed by atoms with Gasteiger partial charge in [-0.05, 0) is 43.4 Å². The van der Waals surface area contributed by atoms with Crippen LogP contribution in [0.15, 0.2) is 0 Å². The number of carbonyl (C=O) groups excluding carboxylic acids is 4. The second-order valence-corrected chi connectivity index (χ2v) is 31.5. The molecule has 0 spiro atoms. The van der Waals surface area contributed by atoms with Crippen LogP contribution in [0.3, 0.4) is 0 Å². The molecule has 0 aliphatic heterocycles. The summed E-state index contributed by atoms with van der Waals surface area (Å²) in [6.45, 7) is 11.9. The van der Waals surface area contributed by atoms with Crippen molar-refractivity contribution in [3.05, 3.63) is 0 Å². The first kappa shape index (κ1) is 93.1. The third kappa shape index (κ3) is 69.0. The summed E-state index contributed by atoms with van der Waals surface area (Å²) in [5, 5.41) is 10.6. The SMILES string of the molecule is CCCCCCCCCCCCCCCCC(=O)OC[C@H](COP(=O)(O)OC[C@@H](O)COP(=O)(O)OC[C@@H](COC(=O)CCCCCCCCCC(C)C)OC(=O)CCCCCCCCCCC(C)CC)OC(=O)CCCCCCCCCCCCCCCCCCC(C)C. The lowest BCUT2D eigenvalue weighted by Crippen LogP contribution is -2.30. The summed E-state index contributed by atoms with van der Waals surface area (Å²) in [6.07, 6.45) is 52.7. The molecule has 0 heterocycles. The summed E-state index contributed by atoms with van der Waals surface area (Å²) in [7, 11) is -9.91. The van der Waals surface area contributed by atoms with E-state index in [2.05, 4.69) is 48.5 Å². The molecule has 0 radical (unpaired) electrons. The molecule has 0 bridgehead atoms. The largest absolute Gasteiger partial charge is 0.472 e. The van der Waals surface area contributed by atoms with Gasteiger partial charge >= 0.3 is 39.5 Å². The van der Waals surface area contributed by atoms with Gasteiger partial charge in [0, 0.05) is 25.7 Å². The summed E-state index contributed by atoms with van der Waals surface area (Å²) >= 11 is 0. The van der Waals surface area contributed by atoms with E-state index in [1.807, 2.05) is 0 Å². The highest BCUT2D eigenvalue weighted by atomic mass is 31.2. The molecular formula is C76H148O17P2. The molecule has 0 aromatic heterocycles. The molecule has 0 saturated heterocycles. The highest BCUT2D eigenvalue weighted by molar-refractivity contribution is 7.47. The van der Waals surface area contributed by atoms with Gasteiger partial charge in [-0.3, -0.25) is 37.3 Å². The van der Waals surface area contributed by atoms with Gasteiger partial charge in [-0.2, -0.15) is 0 Å². The van der Waals surface area contributed by atoms with Gasteiger partial charge in [-0.15, -0.1) is 0 Å². The lowest BCUT2D eigenvalue weighted by atomic mass is 9.99. The van der Waals surface area contributed by atoms with Crippen molar-refractivity contribution in [3.63, 3.8) is 0 Å². The standard InChI is InChI=1S/C76H148O17P2/c1-8-10-11-12-13-14-15-16-22-25-28-36-43-50-57-73(78)86-63-71(92-75(80)59-52-45-37-29-26-23-20-18-17-19-21-24-27-33-40-47-54-67(3)4)65-90-94(82,83)88-61-70(77)62-89-95(84,85)91-66-72(64-87-74(79)58-51-44-39-32-34-41-48-55-68(5)6)93-76(81)60-53-46-38-31-30-35-42-49-56-69(7)9-2/h67-72,77H,8-66H2,1-7H3,(H,82,83)(H,84,85)/t69?,70-,71-,72-/m1/s1. The molecule has 0 fully saturated rings. The Morgan fingerprint density at radius 1 is 0.305 bits per heavy atom. The first-order valence-corrected chi connectivity index (χ1v) is 42.4. The summed E-state index contributed by atoms with van der Waals surface area (Å²) < 4.78 is 68.5. The van der Waals surface area contributed by atoms with Crippen LogP contribution in [0.4, 0.5) is 0 Å². The highest BCUT2D eigenvalue weighted by Crippen LogP contribution is 2.45. The number of esters is 4. The van der Waals surface area contributed by atoms with E-state index in [4.69, 9.17) is 37.0 Å². The average molecular weight is 1400 g/mol. The Kier molecular flexibility index (Phi) is 65.2. The van der Waals surface area contributed by atoms with E-state index in [1.54, 1.807) is 0 Å². The van der Waals surface area contributed by atoms with Gasteiger partial charge in [0.05, 0.1) is 26.4 Å². The van der Waals surface area contributed by atoms with Crippen molar-refractivity contribution in [2.24, 2.45) is 17.8 Å². The smallest absolute Gasteiger partial charge is 0.462 e. The number of aliphatic hydroxyl groups is 1. The van der Waals surface area contributed by atoms with Crippen LogP contribution in [0.2, 0.25) is 0 Å². The van der Waals surface area contributed by atoms with Gasteiger partial charge in [0.1, 0.15) is 19.3 Å². The maximum absolute atomic E-state index is 13.1. The molecule has 0 aromatic rings. The van der Waals surface area contributed by atoms with Crippen LogP contribution < -0.4 is 0 Å². The second-order valence-electron chi connectivity index (χ2n) is 28.6. The lowest BCUT2D eigenvalue weighted by molar-refractivity contribution is -0.161. The molecule has 6 atom stereocenters. The molecule has 0 aliphatic rings. The fourth-order valence-electron chi connectivity index (χ4n) is 11.6. The molecule has 3 unspecified atom stereocenters. The minimum atomic E-state index is -4.96. The first-order valence-electron chi connectivity index (χ1n) is 39.4. The topological polar surface area (TPSA) is 237 Å². The maximum atomic E-state index is 13.1. The Morgan fingerprint density at radius 2 is 0.537 bits per heavy atom. The summed E-state index contributed by atoms with van der Waals surface area (Å²) in [5.41, 5.74) is 0. The van der Waals surface area contributed by atoms with Crippen molar-refractivity contribution < 1.29 is 80.2 Å². The molecule has 3 N–H and O–H groups in total. The maximum Gasteiger partial charge on any atom is 0.472 e. The van der Waals surface area contributed by atoms with E-state index in [0.29, 0.717) is 31.6 Å². The normalized spacial score (nSPS) is 14.4. The van der Waals surface area contributed by atoms with Gasteiger partial charge in [-0.1, -0.05) is 337 Å². The van der Waals surface area contributed by atoms with Crippen LogP contribution in [0.1, 0.15) is 389 Å². The van der Waals surface area contributed by atoms with Crippen LogP contribution >= 0.6 is 15.6 Å². The zero-order valence-electron chi connectivity index (χ0n) is 62.1. The third-order valence-corrected chi connectivity index (χ3v) is 19.9. The predicted octanol–water partition coefficient (Wildman–Crippen LogP) is 22.2. The zero-order valence-corrected chi connectivity index (χ0v) is 63.9. The quantitative estimate of drug-likeness (QED) is 0.0222. The number of phosphoric acid groups is 2. The van der Waals surface area contributed by atoms with E-state index in [1.165, 1.54) is 193 Å². The molecule has 564 valence electrons. The number of phosphoric ester groups is 2. The first-order chi connectivity index (χ1) is 45.8. The molecule has 0 amide bonds. The second kappa shape index (κ2) is 66.6. The number of hydrogen-bond donors (Lipinski definition) is 3. The zero-order chi connectivity index (χ0) is 70.1. The van der Waals surface area contributed by atoms with Crippen LogP contribution in [-0.4, -0.2) is 96.7 Å². The highest BCUT2D eigenvalue weighted by Gasteiger charge is 2.30. The van der Waals surface area contributed by atoms with Crippen molar-refractivity contribution in [1.82, 2.24) is 0 Å². The Balaban J connectivity index is 5.24. The van der Waals surface area contributed by atoms with Crippen LogP contribution in [-0.2, 0) is 65.4 Å². The number of carbonyl (C=O) groups is 4. The van der Waals surface area contributed by atoms with E-state index in [9.17, 15) is 43.2 Å². The monoisotopic (exact) mass is 1400 g/mol. The molecule has 0 aliphatic carbocycles. The van der Waals surface area contributed by atoms with E-state index in [0.717, 1.165) is 108 Å². The van der Waals surface area contributed by atoms with Gasteiger partial charge in [-0.25, -0.2) is 9.13 Å². The lowest BCUT2D eigenvalue weighted by Gasteiger charge is -2.21. The van der Waals surface area contributed by atoms with Crippen molar-refractivity contribution >= 4 is 39.5 Å². The van der Waals surface area contributed by atoms with E-state index in [-0.39, 0.29) is 25.7 Å². The van der Waals surface area contributed by atoms with E-state index >= 15 is 0 Å². The summed E-state index contributed by atoms with van der Waals surface area (Å²) in [4.78, 5) is 72.8. The Labute approximate surface area is 581 Å². The minimum absolute atomic E-state index is 0.104. The molecule has 0 aromatic carbocycles. The van der Waals surface area contributed by atoms with Crippen LogP contribution in [0, 0.1) is 17.8 Å². The van der Waals surface area contributed by atoms with Gasteiger partial charge < -0.3 is 33.8 Å². The molecule has 17 nitrogen and oxygen atoms in total. The predicted molar refractivity (Wildman–Crippen MR) is 386 cm³/mol. The number of rotatable bonds is 74. The van der Waals surface area contributed by atoms with Crippen molar-refractivity contribution in [2.75, 3.05) is 39.6 Å². The molecule has 19 heteroatoms. The number of aliphatic hydroxyl groups excluding tert-OH is 1. The molecular weight excluding hydrogens is 1250 g/mol. The van der Waals surface area contributed by atoms with Gasteiger partial charge in [0.2, 0.25) is 0 Å². The molecule has 0 saturated carbocycles. The average Bonchev–Trinajstić information content (AvgIpc) is 1.68. The van der Waals surface area contributed by atoms with Gasteiger partial charge in [0.25, 0.3) is 0 Å². The molecule has 95 heavy (non-hydrogen) atoms. The van der Waals surface area contributed by atoms with Crippen molar-refractivity contribution in [3.8, 4) is 0 Å². The summed E-state index contributed by atoms with van der Waals surface area (Å²) in [5.74, 6) is 0.165. The van der Waals surface area contributed by atoms with Gasteiger partial charge in [0.15, 0.2) is 12.2 Å². The van der Waals surface area contributed by atoms with Crippen LogP contribution in [0.5, 0.6) is 0 Å². The molecule has 0 rings (SSSR count). The number of ether oxygens (including phenoxy) is 4. The minimum Gasteiger partial charge on any atom is -0.462 e. The van der Waals surface area contributed by atoms with Crippen LogP contribution in [0.25, 0.3) is 0 Å². The Hall–Kier alpha value is -1.94. The Morgan fingerprint density at radius 3 is 0.800 bits per heavy atom. The number of unbranched alkanes of at least 4 members (excludes halogenated alkanes) is 41. The fraction of sp³-hybridized carbons (Fsp3) is 0.947. The fourth-order valence-corrected chi connectivity index (χ4v) is 13.1.